The molecule has 94 valence electrons. The van der Waals surface area contributed by atoms with E-state index in [-0.39, 0.29) is 11.9 Å². The predicted octanol–water partition coefficient (Wildman–Crippen LogP) is 0.714. The molecule has 2 unspecified atom stereocenters. The molecule has 0 bridgehead atoms. The molecule has 3 N–H and O–H groups in total. The van der Waals surface area contributed by atoms with Crippen molar-refractivity contribution >= 4 is 5.91 Å². The van der Waals surface area contributed by atoms with Gasteiger partial charge in [0.25, 0.3) is 0 Å². The summed E-state index contributed by atoms with van der Waals surface area (Å²) >= 11 is 0. The molecule has 0 aromatic carbocycles. The van der Waals surface area contributed by atoms with Gasteiger partial charge in [-0.25, -0.2) is 0 Å². The summed E-state index contributed by atoms with van der Waals surface area (Å²) in [7, 11) is 0. The molecule has 0 aromatic heterocycles. The van der Waals surface area contributed by atoms with Gasteiger partial charge in [0.15, 0.2) is 0 Å². The minimum atomic E-state index is -0.0413. The van der Waals surface area contributed by atoms with Gasteiger partial charge < -0.3 is 11.1 Å². The Morgan fingerprint density at radius 1 is 1.56 bits per heavy atom. The van der Waals surface area contributed by atoms with Crippen LogP contribution in [0.2, 0.25) is 0 Å². The summed E-state index contributed by atoms with van der Waals surface area (Å²) in [5, 5.41) is 2.95. The SMILES string of the molecule is CCCNC(=O)C(C)N1CCCCC1CN. The molecule has 4 heteroatoms. The average molecular weight is 227 g/mol. The van der Waals surface area contributed by atoms with Gasteiger partial charge in [0.1, 0.15) is 0 Å². The molecule has 0 spiro atoms. The van der Waals surface area contributed by atoms with Crippen LogP contribution in [0.1, 0.15) is 39.5 Å². The highest BCUT2D eigenvalue weighted by Crippen LogP contribution is 2.18. The van der Waals surface area contributed by atoms with Gasteiger partial charge in [-0.2, -0.15) is 0 Å². The Bertz CT molecular complexity index is 220. The number of hydrogen-bond donors (Lipinski definition) is 2. The first kappa shape index (κ1) is 13.5. The molecule has 1 aliphatic rings. The highest BCUT2D eigenvalue weighted by atomic mass is 16.2. The van der Waals surface area contributed by atoms with Gasteiger partial charge in [-0.15, -0.1) is 0 Å². The van der Waals surface area contributed by atoms with E-state index in [4.69, 9.17) is 5.73 Å². The van der Waals surface area contributed by atoms with Crippen LogP contribution in [0.5, 0.6) is 0 Å². The Morgan fingerprint density at radius 2 is 2.31 bits per heavy atom. The van der Waals surface area contributed by atoms with Crippen LogP contribution in [-0.4, -0.2) is 42.5 Å². The largest absolute Gasteiger partial charge is 0.355 e. The van der Waals surface area contributed by atoms with Crippen LogP contribution in [0, 0.1) is 0 Å². The molecule has 0 aliphatic carbocycles. The lowest BCUT2D eigenvalue weighted by molar-refractivity contribution is -0.127. The van der Waals surface area contributed by atoms with Crippen molar-refractivity contribution in [2.24, 2.45) is 5.73 Å². The number of carbonyl (C=O) groups excluding carboxylic acids is 1. The van der Waals surface area contributed by atoms with E-state index in [9.17, 15) is 4.79 Å². The van der Waals surface area contributed by atoms with Crippen LogP contribution in [0.4, 0.5) is 0 Å². The summed E-state index contributed by atoms with van der Waals surface area (Å²) < 4.78 is 0. The first-order valence-corrected chi connectivity index (χ1v) is 6.44. The number of hydrogen-bond acceptors (Lipinski definition) is 3. The van der Waals surface area contributed by atoms with Gasteiger partial charge in [0, 0.05) is 19.1 Å². The second-order valence-corrected chi connectivity index (χ2v) is 4.59. The van der Waals surface area contributed by atoms with Crippen molar-refractivity contribution in [3.8, 4) is 0 Å². The maximum atomic E-state index is 11.9. The summed E-state index contributed by atoms with van der Waals surface area (Å²) in [6.45, 7) is 6.48. The average Bonchev–Trinajstić information content (AvgIpc) is 2.34. The van der Waals surface area contributed by atoms with E-state index in [1.54, 1.807) is 0 Å². The van der Waals surface area contributed by atoms with Crippen molar-refractivity contribution in [1.82, 2.24) is 10.2 Å². The third-order valence-electron chi connectivity index (χ3n) is 3.37. The Morgan fingerprint density at radius 3 is 2.94 bits per heavy atom. The van der Waals surface area contributed by atoms with Crippen LogP contribution < -0.4 is 11.1 Å². The van der Waals surface area contributed by atoms with Crippen LogP contribution in [0.3, 0.4) is 0 Å². The molecule has 1 fully saturated rings. The number of rotatable bonds is 5. The Labute approximate surface area is 98.6 Å². The maximum Gasteiger partial charge on any atom is 0.237 e. The van der Waals surface area contributed by atoms with Crippen molar-refractivity contribution in [2.45, 2.75) is 51.6 Å². The van der Waals surface area contributed by atoms with Crippen LogP contribution in [0.25, 0.3) is 0 Å². The smallest absolute Gasteiger partial charge is 0.237 e. The molecule has 1 rings (SSSR count). The summed E-state index contributed by atoms with van der Waals surface area (Å²) in [4.78, 5) is 14.1. The standard InChI is InChI=1S/C12H25N3O/c1-3-7-14-12(16)10(2)15-8-5-4-6-11(15)9-13/h10-11H,3-9,13H2,1-2H3,(H,14,16). The second kappa shape index (κ2) is 6.86. The number of nitrogens with one attached hydrogen (secondary N) is 1. The lowest BCUT2D eigenvalue weighted by Gasteiger charge is -2.38. The summed E-state index contributed by atoms with van der Waals surface area (Å²) in [6.07, 6.45) is 4.53. The van der Waals surface area contributed by atoms with E-state index in [0.717, 1.165) is 25.9 Å². The first-order valence-electron chi connectivity index (χ1n) is 6.44. The molecule has 4 nitrogen and oxygen atoms in total. The summed E-state index contributed by atoms with van der Waals surface area (Å²) in [5.74, 6) is 0.141. The molecule has 1 aliphatic heterocycles. The van der Waals surface area contributed by atoms with E-state index in [0.29, 0.717) is 12.6 Å². The first-order chi connectivity index (χ1) is 7.70. The topological polar surface area (TPSA) is 58.4 Å². The second-order valence-electron chi connectivity index (χ2n) is 4.59. The number of piperidine rings is 1. The zero-order valence-electron chi connectivity index (χ0n) is 10.5. The molecule has 0 saturated carbocycles. The third-order valence-corrected chi connectivity index (χ3v) is 3.37. The third kappa shape index (κ3) is 3.46. The van der Waals surface area contributed by atoms with Gasteiger partial charge in [-0.1, -0.05) is 13.3 Å². The summed E-state index contributed by atoms with van der Waals surface area (Å²) in [6, 6.07) is 0.344. The molecule has 16 heavy (non-hydrogen) atoms. The predicted molar refractivity (Wildman–Crippen MR) is 66.2 cm³/mol. The number of amides is 1. The fraction of sp³-hybridized carbons (Fsp3) is 0.917. The van der Waals surface area contributed by atoms with Gasteiger partial charge in [0.2, 0.25) is 5.91 Å². The fourth-order valence-electron chi connectivity index (χ4n) is 2.33. The summed E-state index contributed by atoms with van der Waals surface area (Å²) in [5.41, 5.74) is 5.76. The van der Waals surface area contributed by atoms with Gasteiger partial charge in [-0.05, 0) is 32.7 Å². The van der Waals surface area contributed by atoms with E-state index < -0.39 is 0 Å². The number of nitrogens with zero attached hydrogens (tertiary/aromatic N) is 1. The zero-order chi connectivity index (χ0) is 12.0. The molecule has 2 atom stereocenters. The van der Waals surface area contributed by atoms with E-state index >= 15 is 0 Å². The molecule has 1 heterocycles. The molecular formula is C12H25N3O. The van der Waals surface area contributed by atoms with Crippen LogP contribution >= 0.6 is 0 Å². The molecule has 1 saturated heterocycles. The molecule has 1 amide bonds. The minimum absolute atomic E-state index is 0.0413. The van der Waals surface area contributed by atoms with Crippen molar-refractivity contribution in [3.05, 3.63) is 0 Å². The number of likely N-dealkylation sites (tertiary alicyclic amines) is 1. The molecule has 0 radical (unpaired) electrons. The quantitative estimate of drug-likeness (QED) is 0.727. The van der Waals surface area contributed by atoms with E-state index in [1.165, 1.54) is 12.8 Å². The van der Waals surface area contributed by atoms with Gasteiger partial charge >= 0.3 is 0 Å². The lowest BCUT2D eigenvalue weighted by Crippen LogP contribution is -2.54. The zero-order valence-corrected chi connectivity index (χ0v) is 10.5. The Kier molecular flexibility index (Phi) is 5.77. The highest BCUT2D eigenvalue weighted by molar-refractivity contribution is 5.81. The van der Waals surface area contributed by atoms with Crippen LogP contribution in [0.15, 0.2) is 0 Å². The Hall–Kier alpha value is -0.610. The molecule has 0 aromatic rings. The normalized spacial score (nSPS) is 24.1. The van der Waals surface area contributed by atoms with E-state index in [2.05, 4.69) is 17.1 Å². The van der Waals surface area contributed by atoms with Crippen LogP contribution in [-0.2, 0) is 4.79 Å². The van der Waals surface area contributed by atoms with Crippen molar-refractivity contribution in [2.75, 3.05) is 19.6 Å². The van der Waals surface area contributed by atoms with Gasteiger partial charge in [-0.3, -0.25) is 9.69 Å². The fourth-order valence-corrected chi connectivity index (χ4v) is 2.33. The maximum absolute atomic E-state index is 11.9. The van der Waals surface area contributed by atoms with Crippen molar-refractivity contribution < 1.29 is 4.79 Å². The minimum Gasteiger partial charge on any atom is -0.355 e. The van der Waals surface area contributed by atoms with Gasteiger partial charge in [0.05, 0.1) is 6.04 Å². The Balaban J connectivity index is 2.49. The monoisotopic (exact) mass is 227 g/mol. The molecular weight excluding hydrogens is 202 g/mol. The number of nitrogens with two attached hydrogens (primary N) is 1. The highest BCUT2D eigenvalue weighted by Gasteiger charge is 2.28. The number of carbonyl (C=O) groups is 1. The van der Waals surface area contributed by atoms with E-state index in [1.807, 2.05) is 6.92 Å². The lowest BCUT2D eigenvalue weighted by atomic mass is 10.00. The van der Waals surface area contributed by atoms with Crippen molar-refractivity contribution in [1.29, 1.82) is 0 Å². The van der Waals surface area contributed by atoms with Crippen molar-refractivity contribution in [3.63, 3.8) is 0 Å².